The summed E-state index contributed by atoms with van der Waals surface area (Å²) in [4.78, 5) is 43.6. The van der Waals surface area contributed by atoms with Crippen LogP contribution in [0, 0.1) is 11.8 Å². The highest BCUT2D eigenvalue weighted by Gasteiger charge is 2.55. The maximum absolute atomic E-state index is 13.5. The van der Waals surface area contributed by atoms with Gasteiger partial charge in [0.05, 0.1) is 11.8 Å². The van der Waals surface area contributed by atoms with E-state index in [0.29, 0.717) is 5.56 Å². The van der Waals surface area contributed by atoms with Crippen molar-refractivity contribution in [1.82, 2.24) is 15.4 Å². The smallest absolute Gasteiger partial charge is 0.270 e. The molecule has 1 aromatic heterocycles. The van der Waals surface area contributed by atoms with Crippen molar-refractivity contribution in [2.75, 3.05) is 0 Å². The average Bonchev–Trinajstić information content (AvgIpc) is 3.10. The number of carbonyl (C=O) groups is 3. The highest BCUT2D eigenvalue weighted by atomic mass is 16.2. The molecule has 158 valence electrons. The summed E-state index contributed by atoms with van der Waals surface area (Å²) in [5.41, 5.74) is 4.79. The van der Waals surface area contributed by atoms with Gasteiger partial charge in [-0.1, -0.05) is 72.8 Å². The third-order valence-corrected chi connectivity index (χ3v) is 6.22. The molecule has 3 aromatic rings. The Morgan fingerprint density at radius 3 is 1.66 bits per heavy atom. The van der Waals surface area contributed by atoms with E-state index in [2.05, 4.69) is 10.4 Å². The molecule has 0 spiro atoms. The number of imide groups is 1. The normalized spacial score (nSPS) is 24.3. The van der Waals surface area contributed by atoms with Crippen molar-refractivity contribution < 1.29 is 14.4 Å². The average molecular weight is 423 g/mol. The molecule has 1 fully saturated rings. The number of hydrazine groups is 1. The second-order valence-corrected chi connectivity index (χ2v) is 8.00. The number of aromatic nitrogens is 1. The summed E-state index contributed by atoms with van der Waals surface area (Å²) in [5, 5.41) is 0.914. The first-order valence-corrected chi connectivity index (χ1v) is 10.5. The van der Waals surface area contributed by atoms with Gasteiger partial charge in [0.25, 0.3) is 17.7 Å². The number of pyridine rings is 1. The minimum absolute atomic E-state index is 0.250. The molecule has 0 saturated carbocycles. The fourth-order valence-corrected chi connectivity index (χ4v) is 4.71. The summed E-state index contributed by atoms with van der Waals surface area (Å²) in [6, 6.07) is 22.5. The van der Waals surface area contributed by atoms with Crippen LogP contribution >= 0.6 is 0 Å². The highest BCUT2D eigenvalue weighted by molar-refractivity contribution is 6.09. The van der Waals surface area contributed by atoms with Crippen LogP contribution in [-0.4, -0.2) is 27.7 Å². The van der Waals surface area contributed by atoms with Gasteiger partial charge < -0.3 is 0 Å². The molecule has 1 saturated heterocycles. The van der Waals surface area contributed by atoms with Crippen LogP contribution in [0.4, 0.5) is 0 Å². The monoisotopic (exact) mass is 423 g/mol. The van der Waals surface area contributed by atoms with E-state index in [0.717, 1.165) is 16.1 Å². The van der Waals surface area contributed by atoms with Crippen molar-refractivity contribution in [3.63, 3.8) is 0 Å². The van der Waals surface area contributed by atoms with E-state index in [1.807, 2.05) is 72.8 Å². The molecule has 0 bridgehead atoms. The fourth-order valence-electron chi connectivity index (χ4n) is 4.71. The Morgan fingerprint density at radius 2 is 1.19 bits per heavy atom. The van der Waals surface area contributed by atoms with E-state index < -0.39 is 17.7 Å². The zero-order valence-electron chi connectivity index (χ0n) is 17.2. The van der Waals surface area contributed by atoms with Crippen molar-refractivity contribution in [2.24, 2.45) is 11.8 Å². The molecule has 2 aromatic carbocycles. The number of benzene rings is 2. The van der Waals surface area contributed by atoms with Crippen molar-refractivity contribution >= 4 is 17.7 Å². The molecule has 1 aliphatic carbocycles. The molecule has 1 aliphatic heterocycles. The number of hydrogen-bond acceptors (Lipinski definition) is 4. The van der Waals surface area contributed by atoms with Gasteiger partial charge in [0.2, 0.25) is 0 Å². The molecule has 32 heavy (non-hydrogen) atoms. The third kappa shape index (κ3) is 3.39. The first-order chi connectivity index (χ1) is 15.6. The quantitative estimate of drug-likeness (QED) is 0.515. The number of carbonyl (C=O) groups excluding carboxylic acids is 3. The van der Waals surface area contributed by atoms with Crippen LogP contribution in [0.2, 0.25) is 0 Å². The summed E-state index contributed by atoms with van der Waals surface area (Å²) in [6.07, 6.45) is 7.02. The van der Waals surface area contributed by atoms with Gasteiger partial charge in [-0.15, -0.1) is 0 Å². The van der Waals surface area contributed by atoms with Gasteiger partial charge in [0, 0.05) is 29.8 Å². The molecule has 6 nitrogen and oxygen atoms in total. The number of hydrogen-bond donors (Lipinski definition) is 1. The molecular weight excluding hydrogens is 402 g/mol. The second kappa shape index (κ2) is 8.23. The molecule has 4 atom stereocenters. The first-order valence-electron chi connectivity index (χ1n) is 10.5. The lowest BCUT2D eigenvalue weighted by atomic mass is 9.68. The van der Waals surface area contributed by atoms with Gasteiger partial charge in [0.1, 0.15) is 0 Å². The first kappa shape index (κ1) is 19.9. The zero-order chi connectivity index (χ0) is 22.1. The molecule has 0 unspecified atom stereocenters. The van der Waals surface area contributed by atoms with Crippen LogP contribution in [0.5, 0.6) is 0 Å². The number of rotatable bonds is 4. The van der Waals surface area contributed by atoms with Crippen LogP contribution in [0.25, 0.3) is 0 Å². The molecule has 0 radical (unpaired) electrons. The van der Waals surface area contributed by atoms with Crippen molar-refractivity contribution in [1.29, 1.82) is 0 Å². The van der Waals surface area contributed by atoms with Gasteiger partial charge in [-0.3, -0.25) is 24.8 Å². The predicted octanol–water partition coefficient (Wildman–Crippen LogP) is 3.47. The van der Waals surface area contributed by atoms with Crippen LogP contribution in [0.15, 0.2) is 97.3 Å². The van der Waals surface area contributed by atoms with E-state index in [1.165, 1.54) is 24.5 Å². The molecular formula is C26H21N3O3. The molecule has 3 amide bonds. The third-order valence-electron chi connectivity index (χ3n) is 6.22. The lowest BCUT2D eigenvalue weighted by Crippen LogP contribution is -2.46. The molecule has 5 rings (SSSR count). The Balaban J connectivity index is 1.53. The van der Waals surface area contributed by atoms with Gasteiger partial charge in [-0.25, -0.2) is 0 Å². The van der Waals surface area contributed by atoms with Crippen molar-refractivity contribution in [2.45, 2.75) is 11.8 Å². The summed E-state index contributed by atoms with van der Waals surface area (Å²) < 4.78 is 0. The fraction of sp³-hybridized carbons (Fsp3) is 0.154. The van der Waals surface area contributed by atoms with Gasteiger partial charge in [0.15, 0.2) is 0 Å². The lowest BCUT2D eigenvalue weighted by Gasteiger charge is -2.32. The van der Waals surface area contributed by atoms with Gasteiger partial charge in [-0.2, -0.15) is 5.01 Å². The number of fused-ring (bicyclic) bond motifs is 1. The Bertz CT molecular complexity index is 1110. The summed E-state index contributed by atoms with van der Waals surface area (Å²) in [7, 11) is 0. The van der Waals surface area contributed by atoms with E-state index in [9.17, 15) is 14.4 Å². The zero-order valence-corrected chi connectivity index (χ0v) is 17.2. The second-order valence-electron chi connectivity index (χ2n) is 8.00. The Kier molecular flexibility index (Phi) is 5.11. The lowest BCUT2D eigenvalue weighted by molar-refractivity contribution is -0.142. The predicted molar refractivity (Wildman–Crippen MR) is 118 cm³/mol. The van der Waals surface area contributed by atoms with Crippen LogP contribution in [-0.2, 0) is 9.59 Å². The van der Waals surface area contributed by atoms with Crippen LogP contribution < -0.4 is 5.43 Å². The maximum Gasteiger partial charge on any atom is 0.270 e. The molecule has 2 heterocycles. The van der Waals surface area contributed by atoms with Crippen molar-refractivity contribution in [3.05, 3.63) is 114 Å². The Labute approximate surface area is 185 Å². The van der Waals surface area contributed by atoms with Crippen LogP contribution in [0.1, 0.15) is 33.3 Å². The summed E-state index contributed by atoms with van der Waals surface area (Å²) in [5.74, 6) is -2.99. The summed E-state index contributed by atoms with van der Waals surface area (Å²) >= 11 is 0. The molecule has 1 N–H and O–H groups in total. The number of amides is 3. The number of allylic oxidation sites excluding steroid dienone is 2. The number of nitrogens with zero attached hydrogens (tertiary/aromatic N) is 2. The highest BCUT2D eigenvalue weighted by Crippen LogP contribution is 2.48. The SMILES string of the molecule is O=C(NN1C(=O)[C@@H]2[C@H](C1=O)[C@H](c1ccccc1)C=C[C@H]2c1ccccc1)c1ccncc1. The van der Waals surface area contributed by atoms with Gasteiger partial charge in [-0.05, 0) is 23.3 Å². The molecule has 6 heteroatoms. The number of nitrogens with one attached hydrogen (secondary N) is 1. The minimum Gasteiger partial charge on any atom is -0.272 e. The largest absolute Gasteiger partial charge is 0.272 e. The van der Waals surface area contributed by atoms with E-state index in [1.54, 1.807) is 0 Å². The Hall–Kier alpha value is -4.06. The van der Waals surface area contributed by atoms with E-state index >= 15 is 0 Å². The van der Waals surface area contributed by atoms with E-state index in [-0.39, 0.29) is 23.7 Å². The standard InChI is InChI=1S/C26H21N3O3/c30-24(19-13-15-27-16-14-19)28-29-25(31)22-20(17-7-3-1-4-8-17)11-12-21(23(22)26(29)32)18-9-5-2-6-10-18/h1-16,20-23H,(H,28,30)/t20-,21-,22-,23+/m0/s1. The Morgan fingerprint density at radius 1 is 0.719 bits per heavy atom. The van der Waals surface area contributed by atoms with Crippen molar-refractivity contribution in [3.8, 4) is 0 Å². The van der Waals surface area contributed by atoms with E-state index in [4.69, 9.17) is 0 Å². The minimum atomic E-state index is -0.599. The van der Waals surface area contributed by atoms with Gasteiger partial charge >= 0.3 is 0 Å². The van der Waals surface area contributed by atoms with Crippen LogP contribution in [0.3, 0.4) is 0 Å². The maximum atomic E-state index is 13.5. The summed E-state index contributed by atoms with van der Waals surface area (Å²) in [6.45, 7) is 0. The topological polar surface area (TPSA) is 79.4 Å². The molecule has 2 aliphatic rings.